The van der Waals surface area contributed by atoms with Gasteiger partial charge in [-0.05, 0) is 46.0 Å². The van der Waals surface area contributed by atoms with Crippen LogP contribution >= 0.6 is 0 Å². The van der Waals surface area contributed by atoms with E-state index < -0.39 is 0 Å². The number of aliphatic hydroxyl groups is 1. The maximum atomic E-state index is 9.22. The first kappa shape index (κ1) is 24.2. The Morgan fingerprint density at radius 1 is 0.889 bits per heavy atom. The number of aliphatic imine (C=N–C) groups is 1. The van der Waals surface area contributed by atoms with E-state index in [1.54, 1.807) is 0 Å². The van der Waals surface area contributed by atoms with Gasteiger partial charge in [0.05, 0.1) is 18.0 Å². The van der Waals surface area contributed by atoms with Gasteiger partial charge in [-0.25, -0.2) is 0 Å². The first-order chi connectivity index (χ1) is 13.1. The molecule has 1 heterocycles. The Morgan fingerprint density at radius 3 is 2.04 bits per heavy atom. The second-order valence-electron chi connectivity index (χ2n) is 8.82. The van der Waals surface area contributed by atoms with Gasteiger partial charge in [-0.1, -0.05) is 70.4 Å². The highest BCUT2D eigenvalue weighted by Gasteiger charge is 2.29. The lowest BCUT2D eigenvalue weighted by atomic mass is 10.1. The lowest BCUT2D eigenvalue weighted by Crippen LogP contribution is -2.34. The normalized spacial score (nSPS) is 16.4. The van der Waals surface area contributed by atoms with Crippen LogP contribution in [0.25, 0.3) is 0 Å². The van der Waals surface area contributed by atoms with E-state index in [9.17, 15) is 5.11 Å². The lowest BCUT2D eigenvalue weighted by Gasteiger charge is -2.21. The Labute approximate surface area is 169 Å². The zero-order valence-electron chi connectivity index (χ0n) is 18.5. The van der Waals surface area contributed by atoms with Crippen LogP contribution in [0.1, 0.15) is 111 Å². The smallest absolute Gasteiger partial charge is 0.0998 e. The number of hydrogen-bond acceptors (Lipinski definition) is 3. The third kappa shape index (κ3) is 12.3. The Hall–Kier alpha value is -0.830. The van der Waals surface area contributed by atoms with Crippen molar-refractivity contribution >= 4 is 5.84 Å². The first-order valence-corrected chi connectivity index (χ1v) is 11.7. The van der Waals surface area contributed by atoms with Crippen molar-refractivity contribution in [2.24, 2.45) is 4.99 Å². The van der Waals surface area contributed by atoms with Gasteiger partial charge in [-0.15, -0.1) is 0 Å². The summed E-state index contributed by atoms with van der Waals surface area (Å²) in [4.78, 5) is 7.12. The quantitative estimate of drug-likeness (QED) is 0.231. The number of rotatable bonds is 17. The molecule has 3 nitrogen and oxygen atoms in total. The molecule has 0 saturated heterocycles. The van der Waals surface area contributed by atoms with Gasteiger partial charge in [0.1, 0.15) is 0 Å². The van der Waals surface area contributed by atoms with E-state index in [1.807, 2.05) is 0 Å². The van der Waals surface area contributed by atoms with E-state index in [0.29, 0.717) is 0 Å². The summed E-state index contributed by atoms with van der Waals surface area (Å²) in [5.41, 5.74) is 0.0202. The standard InChI is InChI=1S/C24H46N2O/c1-4-5-6-7-8-9-10-11-12-13-14-15-16-17-18-19-23-25-24(2,3)22-26(23)20-21-27/h11-12,27H,4-10,13-22H2,1-3H3/b12-11+. The molecule has 1 N–H and O–H groups in total. The highest BCUT2D eigenvalue weighted by Crippen LogP contribution is 2.22. The molecule has 0 aromatic rings. The minimum atomic E-state index is 0.0202. The molecule has 27 heavy (non-hydrogen) atoms. The maximum Gasteiger partial charge on any atom is 0.0998 e. The highest BCUT2D eigenvalue weighted by atomic mass is 16.3. The molecule has 3 heteroatoms. The van der Waals surface area contributed by atoms with Gasteiger partial charge < -0.3 is 10.0 Å². The Kier molecular flexibility index (Phi) is 13.6. The molecule has 158 valence electrons. The summed E-state index contributed by atoms with van der Waals surface area (Å²) in [5, 5.41) is 9.22. The monoisotopic (exact) mass is 378 g/mol. The number of β-amino-alcohol motifs (C(OH)–C–C–N with tert-alkyl or cyclic N) is 1. The average Bonchev–Trinajstić information content (AvgIpc) is 2.92. The van der Waals surface area contributed by atoms with Gasteiger partial charge in [0.15, 0.2) is 0 Å². The zero-order chi connectivity index (χ0) is 19.8. The fraction of sp³-hybridized carbons (Fsp3) is 0.875. The summed E-state index contributed by atoms with van der Waals surface area (Å²) in [6.07, 6.45) is 23.3. The average molecular weight is 379 g/mol. The second-order valence-corrected chi connectivity index (χ2v) is 8.82. The van der Waals surface area contributed by atoms with Crippen LogP contribution < -0.4 is 0 Å². The summed E-state index contributed by atoms with van der Waals surface area (Å²) < 4.78 is 0. The van der Waals surface area contributed by atoms with Crippen molar-refractivity contribution < 1.29 is 5.11 Å². The zero-order valence-corrected chi connectivity index (χ0v) is 18.5. The molecule has 0 amide bonds. The van der Waals surface area contributed by atoms with Crippen molar-refractivity contribution in [3.05, 3.63) is 12.2 Å². The van der Waals surface area contributed by atoms with Crippen LogP contribution in [-0.2, 0) is 0 Å². The molecule has 0 bridgehead atoms. The van der Waals surface area contributed by atoms with E-state index in [-0.39, 0.29) is 12.1 Å². The van der Waals surface area contributed by atoms with Gasteiger partial charge in [-0.3, -0.25) is 4.99 Å². The molecule has 0 atom stereocenters. The van der Waals surface area contributed by atoms with E-state index in [0.717, 1.165) is 19.5 Å². The van der Waals surface area contributed by atoms with E-state index >= 15 is 0 Å². The molecule has 0 aromatic carbocycles. The van der Waals surface area contributed by atoms with E-state index in [4.69, 9.17) is 4.99 Å². The predicted octanol–water partition coefficient (Wildman–Crippen LogP) is 6.51. The van der Waals surface area contributed by atoms with Crippen molar-refractivity contribution in [3.63, 3.8) is 0 Å². The molecule has 0 fully saturated rings. The molecule has 0 aromatic heterocycles. The topological polar surface area (TPSA) is 35.8 Å². The lowest BCUT2D eigenvalue weighted by molar-refractivity contribution is 0.244. The van der Waals surface area contributed by atoms with Crippen LogP contribution in [0.15, 0.2) is 17.1 Å². The molecule has 1 aliphatic heterocycles. The molecule has 0 aliphatic carbocycles. The van der Waals surface area contributed by atoms with Crippen molar-refractivity contribution in [2.75, 3.05) is 19.7 Å². The minimum Gasteiger partial charge on any atom is -0.395 e. The molecule has 0 spiro atoms. The molecule has 1 aliphatic rings. The minimum absolute atomic E-state index is 0.0202. The first-order valence-electron chi connectivity index (χ1n) is 11.7. The van der Waals surface area contributed by atoms with Crippen LogP contribution in [-0.4, -0.2) is 41.1 Å². The largest absolute Gasteiger partial charge is 0.395 e. The predicted molar refractivity (Wildman–Crippen MR) is 120 cm³/mol. The summed E-state index contributed by atoms with van der Waals surface area (Å²) in [7, 11) is 0. The van der Waals surface area contributed by atoms with Gasteiger partial charge >= 0.3 is 0 Å². The van der Waals surface area contributed by atoms with Crippen LogP contribution in [0.4, 0.5) is 0 Å². The van der Waals surface area contributed by atoms with Gasteiger partial charge in [0.2, 0.25) is 0 Å². The fourth-order valence-electron chi connectivity index (χ4n) is 3.91. The third-order valence-electron chi connectivity index (χ3n) is 5.41. The molecular formula is C24H46N2O. The maximum absolute atomic E-state index is 9.22. The summed E-state index contributed by atoms with van der Waals surface area (Å²) >= 11 is 0. The van der Waals surface area contributed by atoms with E-state index in [1.165, 1.54) is 89.3 Å². The number of nitrogens with zero attached hydrogens (tertiary/aromatic N) is 2. The number of aliphatic hydroxyl groups excluding tert-OH is 1. The van der Waals surface area contributed by atoms with Crippen molar-refractivity contribution in [1.82, 2.24) is 4.90 Å². The SMILES string of the molecule is CCCCCCCC/C=C/CCCCCCCC1=NC(C)(C)CN1CCO. The van der Waals surface area contributed by atoms with Gasteiger partial charge in [0, 0.05) is 19.5 Å². The van der Waals surface area contributed by atoms with Gasteiger partial charge in [0.25, 0.3) is 0 Å². The fourth-order valence-corrected chi connectivity index (χ4v) is 3.91. The van der Waals surface area contributed by atoms with E-state index in [2.05, 4.69) is 37.8 Å². The number of unbranched alkanes of at least 4 members (excludes halogenated alkanes) is 11. The second kappa shape index (κ2) is 15.1. The Morgan fingerprint density at radius 2 is 1.44 bits per heavy atom. The number of allylic oxidation sites excluding steroid dienone is 2. The number of hydrogen-bond donors (Lipinski definition) is 1. The Balaban J connectivity index is 1.93. The van der Waals surface area contributed by atoms with Crippen LogP contribution in [0, 0.1) is 0 Å². The Bertz CT molecular complexity index is 415. The molecule has 0 saturated carbocycles. The van der Waals surface area contributed by atoms with Crippen molar-refractivity contribution in [1.29, 1.82) is 0 Å². The molecule has 0 unspecified atom stereocenters. The van der Waals surface area contributed by atoms with Crippen molar-refractivity contribution in [3.8, 4) is 0 Å². The summed E-state index contributed by atoms with van der Waals surface area (Å²) in [6.45, 7) is 8.55. The highest BCUT2D eigenvalue weighted by molar-refractivity contribution is 5.84. The summed E-state index contributed by atoms with van der Waals surface area (Å²) in [6, 6.07) is 0. The van der Waals surface area contributed by atoms with Crippen molar-refractivity contribution in [2.45, 2.75) is 116 Å². The third-order valence-corrected chi connectivity index (χ3v) is 5.41. The van der Waals surface area contributed by atoms with Gasteiger partial charge in [-0.2, -0.15) is 0 Å². The van der Waals surface area contributed by atoms with Crippen LogP contribution in [0.5, 0.6) is 0 Å². The van der Waals surface area contributed by atoms with Crippen LogP contribution in [0.3, 0.4) is 0 Å². The number of amidine groups is 1. The summed E-state index contributed by atoms with van der Waals surface area (Å²) in [5.74, 6) is 1.21. The molecule has 1 rings (SSSR count). The van der Waals surface area contributed by atoms with Crippen LogP contribution in [0.2, 0.25) is 0 Å². The molecule has 0 radical (unpaired) electrons. The molecular weight excluding hydrogens is 332 g/mol.